The second-order valence-corrected chi connectivity index (χ2v) is 7.01. The van der Waals surface area contributed by atoms with E-state index in [1.807, 2.05) is 18.2 Å². The summed E-state index contributed by atoms with van der Waals surface area (Å²) in [6, 6.07) is 11.9. The minimum absolute atomic E-state index is 0.135. The number of nitrogens with one attached hydrogen (secondary N) is 2. The van der Waals surface area contributed by atoms with Crippen LogP contribution in [0.1, 0.15) is 29.7 Å². The van der Waals surface area contributed by atoms with Gasteiger partial charge in [0.25, 0.3) is 0 Å². The molecule has 1 aliphatic heterocycles. The summed E-state index contributed by atoms with van der Waals surface area (Å²) < 4.78 is 20.2. The molecule has 31 heavy (non-hydrogen) atoms. The molecule has 3 aromatic rings. The fourth-order valence-corrected chi connectivity index (χ4v) is 3.55. The molecule has 0 fully saturated rings. The molecule has 4 N–H and O–H groups in total. The van der Waals surface area contributed by atoms with Crippen LogP contribution in [-0.4, -0.2) is 16.2 Å². The number of nitrogen functional groups attached to an aromatic ring is 1. The van der Waals surface area contributed by atoms with Gasteiger partial charge in [-0.15, -0.1) is 0 Å². The van der Waals surface area contributed by atoms with Gasteiger partial charge in [0.1, 0.15) is 18.0 Å². The van der Waals surface area contributed by atoms with E-state index in [0.29, 0.717) is 34.8 Å². The molecule has 3 heterocycles. The lowest BCUT2D eigenvalue weighted by Crippen LogP contribution is -2.17. The molecule has 0 saturated carbocycles. The Bertz CT molecular complexity index is 1250. The Morgan fingerprint density at radius 2 is 2.19 bits per heavy atom. The number of hydrogen-bond acceptors (Lipinski definition) is 7. The average molecular weight is 414 g/mol. The number of nitrogens with zero attached hydrogens (tertiary/aromatic N) is 3. The molecule has 4 rings (SSSR count). The van der Waals surface area contributed by atoms with E-state index in [4.69, 9.17) is 15.9 Å². The third kappa shape index (κ3) is 3.81. The number of pyridine rings is 2. The normalized spacial score (nSPS) is 16.7. The van der Waals surface area contributed by atoms with Crippen molar-refractivity contribution in [2.24, 2.45) is 0 Å². The second-order valence-electron chi connectivity index (χ2n) is 7.01. The van der Waals surface area contributed by atoms with Crippen LogP contribution in [0.15, 0.2) is 54.4 Å². The lowest BCUT2D eigenvalue weighted by Gasteiger charge is -2.23. The fraction of sp³-hybridized carbons (Fsp3) is 0.130. The Kier molecular flexibility index (Phi) is 5.33. The Morgan fingerprint density at radius 1 is 1.35 bits per heavy atom. The number of anilines is 1. The molecule has 1 aliphatic rings. The molecule has 154 valence electrons. The van der Waals surface area contributed by atoms with Crippen molar-refractivity contribution >= 4 is 17.7 Å². The van der Waals surface area contributed by atoms with Gasteiger partial charge in [0.05, 0.1) is 17.0 Å². The minimum atomic E-state index is -0.558. The molecule has 0 saturated heterocycles. The van der Waals surface area contributed by atoms with E-state index in [1.165, 1.54) is 18.3 Å². The van der Waals surface area contributed by atoms with E-state index >= 15 is 0 Å². The number of ether oxygens (including phenoxy) is 1. The summed E-state index contributed by atoms with van der Waals surface area (Å²) in [4.78, 5) is 8.72. The highest BCUT2D eigenvalue weighted by atomic mass is 19.1. The van der Waals surface area contributed by atoms with Gasteiger partial charge in [-0.3, -0.25) is 4.98 Å². The van der Waals surface area contributed by atoms with Gasteiger partial charge < -0.3 is 21.2 Å². The number of nitriles is 1. The second kappa shape index (κ2) is 8.24. The topological polar surface area (TPSA) is 121 Å². The summed E-state index contributed by atoms with van der Waals surface area (Å²) in [6.45, 7) is 2.12. The first-order chi connectivity index (χ1) is 15.0. The van der Waals surface area contributed by atoms with Crippen molar-refractivity contribution < 1.29 is 9.13 Å². The summed E-state index contributed by atoms with van der Waals surface area (Å²) in [5, 5.41) is 20.4. The predicted molar refractivity (Wildman–Crippen MR) is 115 cm³/mol. The maximum atomic E-state index is 14.1. The lowest BCUT2D eigenvalue weighted by molar-refractivity contribution is 0.227. The van der Waals surface area contributed by atoms with Gasteiger partial charge in [0.15, 0.2) is 11.6 Å². The maximum Gasteiger partial charge on any atom is 0.166 e. The van der Waals surface area contributed by atoms with Crippen LogP contribution < -0.4 is 15.8 Å². The van der Waals surface area contributed by atoms with Gasteiger partial charge in [-0.25, -0.2) is 9.37 Å². The quantitative estimate of drug-likeness (QED) is 0.409. The highest BCUT2D eigenvalue weighted by Gasteiger charge is 2.21. The maximum absolute atomic E-state index is 14.1. The van der Waals surface area contributed by atoms with Crippen LogP contribution in [0, 0.1) is 22.6 Å². The molecule has 2 bridgehead atoms. The van der Waals surface area contributed by atoms with E-state index in [9.17, 15) is 9.65 Å². The van der Waals surface area contributed by atoms with Crippen molar-refractivity contribution in [1.82, 2.24) is 15.3 Å². The highest BCUT2D eigenvalue weighted by Crippen LogP contribution is 2.35. The standard InChI is InChI=1S/C23H19FN6O/c1-13-19-8-17(24)4-5-18(19)22-14(3-2-6-28-22)11-29-21(16(9-25)10-26)15-7-20(31-13)23(27)30-12-15/h2-9,12-13,25,29H,11H2,1H3,(H2,27,30)/b21-16+,25-9?. The van der Waals surface area contributed by atoms with Crippen molar-refractivity contribution in [2.45, 2.75) is 19.6 Å². The molecule has 1 unspecified atom stereocenters. The molecule has 1 aromatic carbocycles. The molecule has 0 spiro atoms. The number of aromatic nitrogens is 2. The van der Waals surface area contributed by atoms with E-state index in [-0.39, 0.29) is 17.2 Å². The molecule has 7 nitrogen and oxygen atoms in total. The number of fused-ring (bicyclic) bond motifs is 5. The molecular formula is C23H19FN6O. The van der Waals surface area contributed by atoms with Gasteiger partial charge >= 0.3 is 0 Å². The Hall–Kier alpha value is -4.25. The first-order valence-electron chi connectivity index (χ1n) is 9.56. The van der Waals surface area contributed by atoms with Gasteiger partial charge in [0.2, 0.25) is 0 Å². The predicted octanol–water partition coefficient (Wildman–Crippen LogP) is 3.99. The van der Waals surface area contributed by atoms with Crippen LogP contribution in [0.4, 0.5) is 10.2 Å². The zero-order valence-corrected chi connectivity index (χ0v) is 16.7. The van der Waals surface area contributed by atoms with E-state index in [1.54, 1.807) is 25.3 Å². The smallest absolute Gasteiger partial charge is 0.166 e. The number of allylic oxidation sites excluding steroid dienone is 1. The first-order valence-corrected chi connectivity index (χ1v) is 9.56. The molecule has 8 heteroatoms. The summed E-state index contributed by atoms with van der Waals surface area (Å²) in [7, 11) is 0. The lowest BCUT2D eigenvalue weighted by atomic mass is 9.96. The summed E-state index contributed by atoms with van der Waals surface area (Å²) in [5.41, 5.74) is 9.99. The van der Waals surface area contributed by atoms with Crippen molar-refractivity contribution in [3.8, 4) is 23.1 Å². The van der Waals surface area contributed by atoms with Crippen LogP contribution in [0.3, 0.4) is 0 Å². The van der Waals surface area contributed by atoms with Crippen molar-refractivity contribution in [3.05, 3.63) is 76.9 Å². The molecule has 2 aromatic heterocycles. The SMILES string of the molecule is CC1Oc2cc(cnc2N)/C(=C(\C#N)C=N)NCc2cccnc2-c2ccc(F)cc21. The van der Waals surface area contributed by atoms with Gasteiger partial charge in [-0.05, 0) is 42.8 Å². The summed E-state index contributed by atoms with van der Waals surface area (Å²) in [5.74, 6) is 0.0760. The number of nitrogens with two attached hydrogens (primary N) is 1. The zero-order valence-electron chi connectivity index (χ0n) is 16.7. The third-order valence-corrected chi connectivity index (χ3v) is 5.06. The third-order valence-electron chi connectivity index (χ3n) is 5.06. The summed E-state index contributed by atoms with van der Waals surface area (Å²) >= 11 is 0. The number of benzene rings is 1. The van der Waals surface area contributed by atoms with Crippen molar-refractivity contribution in [1.29, 1.82) is 10.7 Å². The first kappa shape index (κ1) is 20.0. The molecule has 0 aliphatic carbocycles. The van der Waals surface area contributed by atoms with Crippen molar-refractivity contribution in [2.75, 3.05) is 5.73 Å². The van der Waals surface area contributed by atoms with Crippen LogP contribution in [-0.2, 0) is 6.54 Å². The highest BCUT2D eigenvalue weighted by molar-refractivity contribution is 5.93. The Labute approximate surface area is 178 Å². The van der Waals surface area contributed by atoms with Gasteiger partial charge in [-0.1, -0.05) is 6.07 Å². The molecule has 1 atom stereocenters. The minimum Gasteiger partial charge on any atom is -0.482 e. The number of rotatable bonds is 1. The summed E-state index contributed by atoms with van der Waals surface area (Å²) in [6.07, 6.45) is 3.61. The van der Waals surface area contributed by atoms with Gasteiger partial charge in [-0.2, -0.15) is 5.26 Å². The zero-order chi connectivity index (χ0) is 22.0. The molecule has 0 radical (unpaired) electrons. The van der Waals surface area contributed by atoms with E-state index < -0.39 is 6.10 Å². The van der Waals surface area contributed by atoms with E-state index in [2.05, 4.69) is 15.3 Å². The fourth-order valence-electron chi connectivity index (χ4n) is 3.55. The van der Waals surface area contributed by atoms with Crippen LogP contribution in [0.2, 0.25) is 0 Å². The number of halogens is 1. The Balaban J connectivity index is 1.98. The Morgan fingerprint density at radius 3 is 2.97 bits per heavy atom. The number of hydrogen-bond donors (Lipinski definition) is 3. The molecular weight excluding hydrogens is 395 g/mol. The van der Waals surface area contributed by atoms with E-state index in [0.717, 1.165) is 17.3 Å². The van der Waals surface area contributed by atoms with Crippen LogP contribution in [0.25, 0.3) is 17.0 Å². The monoisotopic (exact) mass is 414 g/mol. The van der Waals surface area contributed by atoms with Gasteiger partial charge in [0, 0.05) is 41.8 Å². The largest absolute Gasteiger partial charge is 0.482 e. The van der Waals surface area contributed by atoms with Crippen molar-refractivity contribution in [3.63, 3.8) is 0 Å². The van der Waals surface area contributed by atoms with Crippen LogP contribution in [0.5, 0.6) is 5.75 Å². The van der Waals surface area contributed by atoms with Crippen LogP contribution >= 0.6 is 0 Å². The average Bonchev–Trinajstić information content (AvgIpc) is 2.78. The molecule has 0 amide bonds.